The number of likely N-dealkylation sites (tertiary alicyclic amines) is 1. The lowest BCUT2D eigenvalue weighted by Crippen LogP contribution is -2.49. The van der Waals surface area contributed by atoms with Crippen molar-refractivity contribution in [2.24, 2.45) is 5.92 Å². The number of carbonyl (C=O) groups excluding carboxylic acids is 1. The molecule has 3 aromatic rings. The SMILES string of the molecule is COCCn1cc(CCCC(=O)N2CC3CC(C2)c2cccc(=O)n2C3)c2ccccc21. The fourth-order valence-electron chi connectivity index (χ4n) is 5.58. The first-order valence-corrected chi connectivity index (χ1v) is 11.7. The molecule has 0 saturated carbocycles. The number of para-hydroxylation sites is 1. The Bertz CT molecular complexity index is 1180. The van der Waals surface area contributed by atoms with Gasteiger partial charge < -0.3 is 18.8 Å². The number of piperidine rings is 1. The summed E-state index contributed by atoms with van der Waals surface area (Å²) in [5.41, 5.74) is 3.70. The molecule has 0 spiro atoms. The van der Waals surface area contributed by atoms with Crippen molar-refractivity contribution in [2.45, 2.75) is 44.7 Å². The van der Waals surface area contributed by atoms with Crippen LogP contribution < -0.4 is 5.56 Å². The van der Waals surface area contributed by atoms with Crippen LogP contribution in [-0.4, -0.2) is 46.7 Å². The topological polar surface area (TPSA) is 56.5 Å². The van der Waals surface area contributed by atoms with Crippen molar-refractivity contribution >= 4 is 16.8 Å². The maximum Gasteiger partial charge on any atom is 0.250 e. The lowest BCUT2D eigenvalue weighted by atomic mass is 9.83. The number of aromatic nitrogens is 2. The standard InChI is InChI=1S/C26H31N3O3/c1-32-13-12-27-17-20(22-7-2-3-8-24(22)27)6-4-10-25(30)28-15-19-14-21(18-28)23-9-5-11-26(31)29(23)16-19/h2-3,5,7-9,11,17,19,21H,4,6,10,12-16,18H2,1H3. The number of hydrogen-bond acceptors (Lipinski definition) is 3. The average molecular weight is 434 g/mol. The van der Waals surface area contributed by atoms with Gasteiger partial charge in [-0.1, -0.05) is 24.3 Å². The Hall–Kier alpha value is -2.86. The zero-order valence-corrected chi connectivity index (χ0v) is 18.7. The molecule has 5 rings (SSSR count). The summed E-state index contributed by atoms with van der Waals surface area (Å²) in [4.78, 5) is 27.3. The number of hydrogen-bond donors (Lipinski definition) is 0. The zero-order valence-electron chi connectivity index (χ0n) is 18.7. The molecular formula is C26H31N3O3. The van der Waals surface area contributed by atoms with Gasteiger partial charge in [0.05, 0.1) is 6.61 Å². The van der Waals surface area contributed by atoms with E-state index in [4.69, 9.17) is 4.74 Å². The molecule has 32 heavy (non-hydrogen) atoms. The molecule has 0 N–H and O–H groups in total. The maximum absolute atomic E-state index is 13.0. The van der Waals surface area contributed by atoms with E-state index < -0.39 is 0 Å². The van der Waals surface area contributed by atoms with Crippen molar-refractivity contribution in [3.63, 3.8) is 0 Å². The molecule has 1 aromatic carbocycles. The van der Waals surface area contributed by atoms with Crippen LogP contribution in [0.1, 0.15) is 36.4 Å². The molecule has 6 heteroatoms. The summed E-state index contributed by atoms with van der Waals surface area (Å²) < 4.78 is 9.42. The van der Waals surface area contributed by atoms with Crippen molar-refractivity contribution in [1.29, 1.82) is 0 Å². The third-order valence-corrected chi connectivity index (χ3v) is 7.08. The van der Waals surface area contributed by atoms with Gasteiger partial charge in [-0.3, -0.25) is 9.59 Å². The molecule has 2 unspecified atom stereocenters. The predicted molar refractivity (Wildman–Crippen MR) is 125 cm³/mol. The van der Waals surface area contributed by atoms with Crippen LogP contribution in [0.25, 0.3) is 10.9 Å². The Kier molecular flexibility index (Phi) is 5.87. The molecule has 2 aliphatic heterocycles. The predicted octanol–water partition coefficient (Wildman–Crippen LogP) is 3.42. The summed E-state index contributed by atoms with van der Waals surface area (Å²) in [5, 5.41) is 1.27. The van der Waals surface area contributed by atoms with Gasteiger partial charge in [0.25, 0.3) is 5.56 Å². The van der Waals surface area contributed by atoms with E-state index in [2.05, 4.69) is 41.1 Å². The molecule has 6 nitrogen and oxygen atoms in total. The normalized spacial score (nSPS) is 19.8. The van der Waals surface area contributed by atoms with Gasteiger partial charge in [0.15, 0.2) is 0 Å². The van der Waals surface area contributed by atoms with Crippen LogP contribution in [0.5, 0.6) is 0 Å². The van der Waals surface area contributed by atoms with E-state index in [1.807, 2.05) is 15.5 Å². The van der Waals surface area contributed by atoms with Crippen molar-refractivity contribution in [1.82, 2.24) is 14.0 Å². The number of methoxy groups -OCH3 is 1. The van der Waals surface area contributed by atoms with Gasteiger partial charge in [0, 0.05) is 74.5 Å². The summed E-state index contributed by atoms with van der Waals surface area (Å²) in [6.45, 7) is 3.75. The van der Waals surface area contributed by atoms with E-state index in [1.165, 1.54) is 16.5 Å². The molecule has 1 saturated heterocycles. The van der Waals surface area contributed by atoms with Gasteiger partial charge in [-0.15, -0.1) is 0 Å². The van der Waals surface area contributed by atoms with Crippen molar-refractivity contribution in [3.8, 4) is 0 Å². The molecule has 168 valence electrons. The first-order valence-electron chi connectivity index (χ1n) is 11.7. The highest BCUT2D eigenvalue weighted by Gasteiger charge is 2.35. The summed E-state index contributed by atoms with van der Waals surface area (Å²) >= 11 is 0. The lowest BCUT2D eigenvalue weighted by molar-refractivity contribution is -0.134. The number of benzene rings is 1. The fourth-order valence-corrected chi connectivity index (χ4v) is 5.58. The van der Waals surface area contributed by atoms with Crippen LogP contribution in [0.15, 0.2) is 53.5 Å². The smallest absolute Gasteiger partial charge is 0.250 e. The summed E-state index contributed by atoms with van der Waals surface area (Å²) in [6, 6.07) is 14.0. The van der Waals surface area contributed by atoms with E-state index in [-0.39, 0.29) is 17.4 Å². The zero-order chi connectivity index (χ0) is 22.1. The summed E-state index contributed by atoms with van der Waals surface area (Å²) in [5.74, 6) is 0.901. The Balaban J connectivity index is 1.22. The quantitative estimate of drug-likeness (QED) is 0.574. The lowest BCUT2D eigenvalue weighted by Gasteiger charge is -2.42. The summed E-state index contributed by atoms with van der Waals surface area (Å²) in [7, 11) is 1.73. The van der Waals surface area contributed by atoms with E-state index in [1.54, 1.807) is 13.2 Å². The number of rotatable bonds is 7. The Morgan fingerprint density at radius 1 is 1.09 bits per heavy atom. The molecule has 0 aliphatic carbocycles. The Morgan fingerprint density at radius 2 is 1.97 bits per heavy atom. The van der Waals surface area contributed by atoms with E-state index in [0.717, 1.165) is 51.1 Å². The van der Waals surface area contributed by atoms with E-state index in [9.17, 15) is 9.59 Å². The number of nitrogens with zero attached hydrogens (tertiary/aromatic N) is 3. The number of ether oxygens (including phenoxy) is 1. The van der Waals surface area contributed by atoms with Gasteiger partial charge >= 0.3 is 0 Å². The third-order valence-electron chi connectivity index (χ3n) is 7.08. The summed E-state index contributed by atoms with van der Waals surface area (Å²) in [6.07, 6.45) is 5.60. The van der Waals surface area contributed by atoms with Crippen molar-refractivity contribution in [3.05, 3.63) is 70.3 Å². The second kappa shape index (κ2) is 8.94. The average Bonchev–Trinajstić information content (AvgIpc) is 3.16. The molecule has 2 atom stereocenters. The van der Waals surface area contributed by atoms with Crippen LogP contribution >= 0.6 is 0 Å². The minimum atomic E-state index is 0.0849. The monoisotopic (exact) mass is 433 g/mol. The van der Waals surface area contributed by atoms with E-state index >= 15 is 0 Å². The second-order valence-electron chi connectivity index (χ2n) is 9.21. The first kappa shape index (κ1) is 21.0. The van der Waals surface area contributed by atoms with Crippen molar-refractivity contribution in [2.75, 3.05) is 26.8 Å². The van der Waals surface area contributed by atoms with Gasteiger partial charge in [-0.05, 0) is 42.9 Å². The first-order chi connectivity index (χ1) is 15.6. The molecule has 1 fully saturated rings. The molecule has 0 radical (unpaired) electrons. The van der Waals surface area contributed by atoms with E-state index in [0.29, 0.717) is 18.9 Å². The number of pyridine rings is 1. The highest BCUT2D eigenvalue weighted by Crippen LogP contribution is 2.35. The highest BCUT2D eigenvalue weighted by molar-refractivity contribution is 5.84. The van der Waals surface area contributed by atoms with Gasteiger partial charge in [0.2, 0.25) is 5.91 Å². The number of amides is 1. The molecule has 1 amide bonds. The third kappa shape index (κ3) is 3.99. The van der Waals surface area contributed by atoms with Crippen LogP contribution in [0.4, 0.5) is 0 Å². The Labute approximate surface area is 188 Å². The number of fused-ring (bicyclic) bond motifs is 5. The van der Waals surface area contributed by atoms with Crippen LogP contribution in [0.2, 0.25) is 0 Å². The number of aryl methyl sites for hydroxylation is 1. The minimum absolute atomic E-state index is 0.0849. The van der Waals surface area contributed by atoms with Crippen molar-refractivity contribution < 1.29 is 9.53 Å². The molecule has 2 aromatic heterocycles. The van der Waals surface area contributed by atoms with Gasteiger partial charge in [-0.25, -0.2) is 0 Å². The number of carbonyl (C=O) groups is 1. The molecular weight excluding hydrogens is 402 g/mol. The molecule has 4 heterocycles. The van der Waals surface area contributed by atoms with Crippen LogP contribution in [0, 0.1) is 5.92 Å². The Morgan fingerprint density at radius 3 is 2.84 bits per heavy atom. The molecule has 2 bridgehead atoms. The second-order valence-corrected chi connectivity index (χ2v) is 9.21. The largest absolute Gasteiger partial charge is 0.383 e. The maximum atomic E-state index is 13.0. The minimum Gasteiger partial charge on any atom is -0.383 e. The van der Waals surface area contributed by atoms with Gasteiger partial charge in [-0.2, -0.15) is 0 Å². The molecule has 2 aliphatic rings. The highest BCUT2D eigenvalue weighted by atomic mass is 16.5. The van der Waals surface area contributed by atoms with Crippen LogP contribution in [0.3, 0.4) is 0 Å². The van der Waals surface area contributed by atoms with Gasteiger partial charge in [0.1, 0.15) is 0 Å². The van der Waals surface area contributed by atoms with Crippen LogP contribution in [-0.2, 0) is 29.0 Å². The fraction of sp³-hybridized carbons (Fsp3) is 0.462.